The number of rotatable bonds is 2. The summed E-state index contributed by atoms with van der Waals surface area (Å²) < 4.78 is 1.70. The second-order valence-electron chi connectivity index (χ2n) is 6.59. The monoisotopic (exact) mass is 343 g/mol. The SMILES string of the molecule is Cc1nn(-c2ccc(Cl)cc2)cc1C(=O)N1[C@H]2CC[C@H]1CC(=O)C2. The zero-order valence-electron chi connectivity index (χ0n) is 13.4. The minimum Gasteiger partial charge on any atom is -0.332 e. The molecular formula is C18H18ClN3O2. The maximum Gasteiger partial charge on any atom is 0.257 e. The molecule has 4 rings (SSSR count). The van der Waals surface area contributed by atoms with Gasteiger partial charge in [0.2, 0.25) is 0 Å². The third-order valence-corrected chi connectivity index (χ3v) is 5.25. The number of hydrogen-bond acceptors (Lipinski definition) is 3. The predicted octanol–water partition coefficient (Wildman–Crippen LogP) is 3.17. The molecule has 2 saturated heterocycles. The second-order valence-corrected chi connectivity index (χ2v) is 7.03. The van der Waals surface area contributed by atoms with E-state index in [1.165, 1.54) is 0 Å². The number of amides is 1. The fourth-order valence-electron chi connectivity index (χ4n) is 3.84. The van der Waals surface area contributed by atoms with Crippen LogP contribution >= 0.6 is 11.6 Å². The molecule has 2 bridgehead atoms. The number of ketones is 1. The van der Waals surface area contributed by atoms with E-state index in [1.54, 1.807) is 23.0 Å². The third kappa shape index (κ3) is 2.53. The summed E-state index contributed by atoms with van der Waals surface area (Å²) in [5.74, 6) is 0.271. The van der Waals surface area contributed by atoms with Gasteiger partial charge in [0.1, 0.15) is 5.78 Å². The molecule has 0 radical (unpaired) electrons. The summed E-state index contributed by atoms with van der Waals surface area (Å²) in [6.07, 6.45) is 4.61. The van der Waals surface area contributed by atoms with Crippen LogP contribution in [0.1, 0.15) is 41.7 Å². The summed E-state index contributed by atoms with van der Waals surface area (Å²) >= 11 is 5.92. The quantitative estimate of drug-likeness (QED) is 0.841. The van der Waals surface area contributed by atoms with Crippen molar-refractivity contribution < 1.29 is 9.59 Å². The van der Waals surface area contributed by atoms with Crippen LogP contribution in [-0.2, 0) is 4.79 Å². The average molecular weight is 344 g/mol. The molecule has 6 heteroatoms. The van der Waals surface area contributed by atoms with Crippen LogP contribution in [0.4, 0.5) is 0 Å². The van der Waals surface area contributed by atoms with Crippen molar-refractivity contribution in [1.29, 1.82) is 0 Å². The summed E-state index contributed by atoms with van der Waals surface area (Å²) in [5, 5.41) is 5.13. The first-order valence-electron chi connectivity index (χ1n) is 8.19. The minimum absolute atomic E-state index is 0.00675. The maximum atomic E-state index is 13.0. The van der Waals surface area contributed by atoms with Gasteiger partial charge in [0.05, 0.1) is 16.9 Å². The number of halogens is 1. The molecule has 2 fully saturated rings. The van der Waals surface area contributed by atoms with Crippen molar-refractivity contribution in [3.63, 3.8) is 0 Å². The number of benzene rings is 1. The van der Waals surface area contributed by atoms with E-state index in [9.17, 15) is 9.59 Å². The lowest BCUT2D eigenvalue weighted by Crippen LogP contribution is -2.46. The number of carbonyl (C=O) groups is 2. The van der Waals surface area contributed by atoms with Crippen LogP contribution in [-0.4, -0.2) is 38.5 Å². The van der Waals surface area contributed by atoms with Gasteiger partial charge in [-0.1, -0.05) is 11.6 Å². The van der Waals surface area contributed by atoms with Crippen molar-refractivity contribution in [3.8, 4) is 5.69 Å². The molecule has 2 aliphatic rings. The molecule has 0 spiro atoms. The zero-order chi connectivity index (χ0) is 16.8. The van der Waals surface area contributed by atoms with Crippen molar-refractivity contribution >= 4 is 23.3 Å². The van der Waals surface area contributed by atoms with E-state index in [1.807, 2.05) is 24.0 Å². The molecule has 1 aromatic carbocycles. The molecule has 0 N–H and O–H groups in total. The number of carbonyl (C=O) groups excluding carboxylic acids is 2. The Labute approximate surface area is 145 Å². The number of fused-ring (bicyclic) bond motifs is 2. The van der Waals surface area contributed by atoms with Crippen LogP contribution in [0, 0.1) is 6.92 Å². The van der Waals surface area contributed by atoms with Crippen molar-refractivity contribution in [2.24, 2.45) is 0 Å². The highest BCUT2D eigenvalue weighted by atomic mass is 35.5. The second kappa shape index (κ2) is 5.74. The largest absolute Gasteiger partial charge is 0.332 e. The topological polar surface area (TPSA) is 55.2 Å². The Bertz CT molecular complexity index is 796. The molecule has 0 aliphatic carbocycles. The highest BCUT2D eigenvalue weighted by molar-refractivity contribution is 6.30. The molecule has 0 saturated carbocycles. The van der Waals surface area contributed by atoms with Crippen LogP contribution in [0.3, 0.4) is 0 Å². The lowest BCUT2D eigenvalue weighted by atomic mass is 10.0. The van der Waals surface area contributed by atoms with Crippen LogP contribution < -0.4 is 0 Å². The smallest absolute Gasteiger partial charge is 0.257 e. The van der Waals surface area contributed by atoms with Crippen LogP contribution in [0.5, 0.6) is 0 Å². The number of piperidine rings is 1. The Hall–Kier alpha value is -2.14. The number of Topliss-reactive ketones (excluding diaryl/α,β-unsaturated/α-hetero) is 1. The first kappa shape index (κ1) is 15.4. The summed E-state index contributed by atoms with van der Waals surface area (Å²) in [4.78, 5) is 26.7. The number of nitrogens with zero attached hydrogens (tertiary/aromatic N) is 3. The van der Waals surface area contributed by atoms with Gasteiger partial charge >= 0.3 is 0 Å². The molecule has 2 aliphatic heterocycles. The summed E-state index contributed by atoms with van der Waals surface area (Å²) in [6.45, 7) is 1.84. The number of aryl methyl sites for hydroxylation is 1. The molecule has 5 nitrogen and oxygen atoms in total. The molecule has 0 unspecified atom stereocenters. The van der Waals surface area contributed by atoms with E-state index >= 15 is 0 Å². The molecule has 1 aromatic heterocycles. The van der Waals surface area contributed by atoms with Crippen LogP contribution in [0.2, 0.25) is 5.02 Å². The highest BCUT2D eigenvalue weighted by Gasteiger charge is 2.43. The van der Waals surface area contributed by atoms with E-state index < -0.39 is 0 Å². The highest BCUT2D eigenvalue weighted by Crippen LogP contribution is 2.35. The lowest BCUT2D eigenvalue weighted by molar-refractivity contribution is -0.122. The van der Waals surface area contributed by atoms with E-state index in [0.29, 0.717) is 29.1 Å². The number of hydrogen-bond donors (Lipinski definition) is 0. The maximum absolute atomic E-state index is 13.0. The molecule has 2 aromatic rings. The summed E-state index contributed by atoms with van der Waals surface area (Å²) in [6, 6.07) is 7.44. The number of aromatic nitrogens is 2. The van der Waals surface area contributed by atoms with E-state index in [2.05, 4.69) is 5.10 Å². The van der Waals surface area contributed by atoms with E-state index in [-0.39, 0.29) is 23.8 Å². The normalized spacial score (nSPS) is 22.9. The molecule has 24 heavy (non-hydrogen) atoms. The van der Waals surface area contributed by atoms with Gasteiger partial charge in [-0.3, -0.25) is 9.59 Å². The van der Waals surface area contributed by atoms with Crippen molar-refractivity contribution in [2.45, 2.75) is 44.7 Å². The van der Waals surface area contributed by atoms with E-state index in [0.717, 1.165) is 18.5 Å². The molecule has 2 atom stereocenters. The van der Waals surface area contributed by atoms with Gasteiger partial charge in [0.15, 0.2) is 0 Å². The van der Waals surface area contributed by atoms with Crippen molar-refractivity contribution in [2.75, 3.05) is 0 Å². The van der Waals surface area contributed by atoms with Gasteiger partial charge in [-0.2, -0.15) is 5.10 Å². The lowest BCUT2D eigenvalue weighted by Gasteiger charge is -2.33. The van der Waals surface area contributed by atoms with Crippen molar-refractivity contribution in [1.82, 2.24) is 14.7 Å². The van der Waals surface area contributed by atoms with Crippen LogP contribution in [0.15, 0.2) is 30.5 Å². The van der Waals surface area contributed by atoms with Crippen molar-refractivity contribution in [3.05, 3.63) is 46.7 Å². The fourth-order valence-corrected chi connectivity index (χ4v) is 3.96. The van der Waals surface area contributed by atoms with E-state index in [4.69, 9.17) is 11.6 Å². The Morgan fingerprint density at radius 2 is 1.79 bits per heavy atom. The fraction of sp³-hybridized carbons (Fsp3) is 0.389. The zero-order valence-corrected chi connectivity index (χ0v) is 14.2. The predicted molar refractivity (Wildman–Crippen MR) is 90.5 cm³/mol. The standard InChI is InChI=1S/C18H18ClN3O2/c1-11-17(10-21(20-11)13-4-2-12(19)3-5-13)18(24)22-14-6-7-15(22)9-16(23)8-14/h2-5,10,14-15H,6-9H2,1H3/t14-,15-/m0/s1. The van der Waals surface area contributed by atoms with Gasteiger partial charge < -0.3 is 4.90 Å². The van der Waals surface area contributed by atoms with Gasteiger partial charge in [0, 0.05) is 36.1 Å². The Kier molecular flexibility index (Phi) is 3.68. The van der Waals surface area contributed by atoms with Crippen LogP contribution in [0.25, 0.3) is 5.69 Å². The Morgan fingerprint density at radius 1 is 1.17 bits per heavy atom. The Balaban J connectivity index is 1.64. The van der Waals surface area contributed by atoms with Gasteiger partial charge in [0.25, 0.3) is 5.91 Å². The first-order valence-corrected chi connectivity index (χ1v) is 8.57. The molecular weight excluding hydrogens is 326 g/mol. The molecule has 1 amide bonds. The molecule has 124 valence electrons. The Morgan fingerprint density at radius 3 is 2.42 bits per heavy atom. The first-order chi connectivity index (χ1) is 11.5. The van der Waals surface area contributed by atoms with Gasteiger partial charge in [-0.15, -0.1) is 0 Å². The molecule has 3 heterocycles. The summed E-state index contributed by atoms with van der Waals surface area (Å²) in [7, 11) is 0. The summed E-state index contributed by atoms with van der Waals surface area (Å²) in [5.41, 5.74) is 2.17. The minimum atomic E-state index is -0.00675. The average Bonchev–Trinajstić information content (AvgIpc) is 3.06. The van der Waals surface area contributed by atoms with Gasteiger partial charge in [-0.05, 0) is 44.0 Å². The third-order valence-electron chi connectivity index (χ3n) is 5.00. The van der Waals surface area contributed by atoms with Gasteiger partial charge in [-0.25, -0.2) is 4.68 Å².